The predicted octanol–water partition coefficient (Wildman–Crippen LogP) is 15.9. The number of carbonyl (C=O) groups is 7. The smallest absolute Gasteiger partial charge is 0.343 e. The quantitative estimate of drug-likeness (QED) is 0.0732. The summed E-state index contributed by atoms with van der Waals surface area (Å²) in [6.45, 7) is 9.59. The Morgan fingerprint density at radius 1 is 0.366 bits per heavy atom. The standard InChI is InChI=1S/C23H18O6.C22H17O6P.C13H11O2P.C13H11OP.C8H6O4/c1-15-3-9-20(10-4-15)28-22(25)17-5-7-18(8-6-17)23(26)29-21-13-11-19(12-14-21)27-16(2)24;1-14(23)26-16-11-12-20(27-15(2)24)22(13-16)29(25)21-10-6-4-8-18(21)17-7-3-5-9-19(17)28-29;1-16(14)13-9-5-3-7-11(13)10-6-2-4-8-12(10)15-16;1-15-13-9-5-3-7-11(13)10-6-2-4-8-12(10)14-15;9-7(10)5-1-2-6(4-3-5)8(11)12/h3-14H,1-2H3;3-13H,1-2H3;2-9H,1H3;2-9H,1H3;1-4H,(H,9,10)(H,11,12). The molecule has 0 saturated heterocycles. The first-order valence-corrected chi connectivity index (χ1v) is 36.4. The number of para-hydroxylation sites is 3. The Labute approximate surface area is 582 Å². The van der Waals surface area contributed by atoms with E-state index in [2.05, 4.69) is 43.1 Å². The molecule has 0 bridgehead atoms. The highest BCUT2D eigenvalue weighted by atomic mass is 31.2. The van der Waals surface area contributed by atoms with Crippen molar-refractivity contribution in [2.45, 2.75) is 27.7 Å². The van der Waals surface area contributed by atoms with E-state index in [9.17, 15) is 42.7 Å². The molecule has 0 spiro atoms. The molecular weight excluding hydrogens is 1350 g/mol. The number of ether oxygens (including phenoxy) is 5. The third kappa shape index (κ3) is 17.8. The van der Waals surface area contributed by atoms with Gasteiger partial charge in [-0.3, -0.25) is 23.5 Å². The van der Waals surface area contributed by atoms with E-state index in [0.717, 1.165) is 38.9 Å². The summed E-state index contributed by atoms with van der Waals surface area (Å²) in [5.41, 5.74) is 8.00. The van der Waals surface area contributed by atoms with E-state index < -0.39 is 64.7 Å². The van der Waals surface area contributed by atoms with Crippen LogP contribution in [0.3, 0.4) is 0 Å². The van der Waals surface area contributed by atoms with Crippen molar-refractivity contribution in [1.29, 1.82) is 0 Å². The number of carboxylic acids is 2. The first-order chi connectivity index (χ1) is 48.4. The highest BCUT2D eigenvalue weighted by Gasteiger charge is 2.41. The van der Waals surface area contributed by atoms with Crippen LogP contribution in [0.4, 0.5) is 0 Å². The molecule has 19 nitrogen and oxygen atoms in total. The largest absolute Gasteiger partial charge is 0.478 e. The van der Waals surface area contributed by atoms with Crippen molar-refractivity contribution in [3.63, 3.8) is 0 Å². The number of carboxylic acid groups (broad SMARTS) is 2. The number of carbonyl (C=O) groups excluding carboxylic acids is 5. The van der Waals surface area contributed by atoms with E-state index in [4.69, 9.17) is 47.5 Å². The van der Waals surface area contributed by atoms with Crippen molar-refractivity contribution in [1.82, 2.24) is 0 Å². The maximum absolute atomic E-state index is 14.3. The number of aromatic carboxylic acids is 2. The van der Waals surface area contributed by atoms with E-state index in [1.807, 2.05) is 104 Å². The van der Waals surface area contributed by atoms with Crippen molar-refractivity contribution in [2.24, 2.45) is 0 Å². The first-order valence-electron chi connectivity index (χ1n) is 31.0. The molecule has 0 amide bonds. The average Bonchev–Trinajstić information content (AvgIpc) is 0.740. The summed E-state index contributed by atoms with van der Waals surface area (Å²) >= 11 is 0. The van der Waals surface area contributed by atoms with Crippen molar-refractivity contribution in [2.75, 3.05) is 13.3 Å². The summed E-state index contributed by atoms with van der Waals surface area (Å²) in [5.74, 6) is -1.19. The molecule has 2 N–H and O–H groups in total. The number of hydrogen-bond acceptors (Lipinski definition) is 17. The lowest BCUT2D eigenvalue weighted by Crippen LogP contribution is -2.27. The zero-order valence-corrected chi connectivity index (χ0v) is 57.7. The number of esters is 5. The fraction of sp³-hybridized carbons (Fsp3) is 0.0759. The highest BCUT2D eigenvalue weighted by Crippen LogP contribution is 2.56. The van der Waals surface area contributed by atoms with Crippen LogP contribution in [-0.2, 0) is 23.5 Å². The van der Waals surface area contributed by atoms with Gasteiger partial charge in [0, 0.05) is 49.4 Å². The molecule has 0 saturated carbocycles. The minimum Gasteiger partial charge on any atom is -0.478 e. The first kappa shape index (κ1) is 71.8. The van der Waals surface area contributed by atoms with Gasteiger partial charge in [-0.15, -0.1) is 0 Å². The van der Waals surface area contributed by atoms with Crippen LogP contribution in [0, 0.1) is 6.92 Å². The van der Waals surface area contributed by atoms with Crippen LogP contribution >= 0.6 is 22.9 Å². The fourth-order valence-corrected chi connectivity index (χ4v) is 15.9. The minimum atomic E-state index is -3.72. The third-order valence-electron chi connectivity index (χ3n) is 15.1. The molecule has 3 atom stereocenters. The van der Waals surface area contributed by atoms with Gasteiger partial charge < -0.3 is 47.5 Å². The molecular formula is C79H63O19P3. The van der Waals surface area contributed by atoms with E-state index in [-0.39, 0.29) is 33.5 Å². The van der Waals surface area contributed by atoms with Crippen LogP contribution in [0.2, 0.25) is 0 Å². The van der Waals surface area contributed by atoms with Gasteiger partial charge in [0.2, 0.25) is 0 Å². The molecule has 101 heavy (non-hydrogen) atoms. The summed E-state index contributed by atoms with van der Waals surface area (Å²) in [5, 5.41) is 19.7. The van der Waals surface area contributed by atoms with Gasteiger partial charge in [-0.2, -0.15) is 0 Å². The molecule has 3 aliphatic rings. The van der Waals surface area contributed by atoms with Gasteiger partial charge in [-0.05, 0) is 164 Å². The number of rotatable bonds is 10. The average molecular weight is 1410 g/mol. The molecule has 0 fully saturated rings. The Bertz CT molecular complexity index is 5000. The third-order valence-corrected chi connectivity index (χ3v) is 20.9. The van der Waals surface area contributed by atoms with Crippen LogP contribution in [0.15, 0.2) is 261 Å². The second-order valence-electron chi connectivity index (χ2n) is 22.4. The number of benzene rings is 11. The van der Waals surface area contributed by atoms with Gasteiger partial charge in [-0.1, -0.05) is 133 Å². The minimum absolute atomic E-state index is 0.0833. The predicted molar refractivity (Wildman–Crippen MR) is 385 cm³/mol. The summed E-state index contributed by atoms with van der Waals surface area (Å²) in [6, 6.07) is 75.2. The lowest BCUT2D eigenvalue weighted by molar-refractivity contribution is -0.133. The van der Waals surface area contributed by atoms with E-state index >= 15 is 0 Å². The fourth-order valence-electron chi connectivity index (χ4n) is 10.5. The van der Waals surface area contributed by atoms with E-state index in [1.165, 1.54) is 128 Å². The lowest BCUT2D eigenvalue weighted by atomic mass is 10.0. The highest BCUT2D eigenvalue weighted by molar-refractivity contribution is 7.75. The van der Waals surface area contributed by atoms with Crippen LogP contribution in [0.5, 0.6) is 46.0 Å². The maximum atomic E-state index is 14.3. The Hall–Kier alpha value is -12.0. The molecule has 11 aromatic carbocycles. The van der Waals surface area contributed by atoms with Crippen molar-refractivity contribution in [3.8, 4) is 79.4 Å². The van der Waals surface area contributed by atoms with Crippen molar-refractivity contribution in [3.05, 3.63) is 289 Å². The van der Waals surface area contributed by atoms with Gasteiger partial charge in [0.1, 0.15) is 54.1 Å². The Balaban J connectivity index is 0.000000142. The molecule has 0 radical (unpaired) electrons. The maximum Gasteiger partial charge on any atom is 0.343 e. The number of fused-ring (bicyclic) bond motifs is 9. The Morgan fingerprint density at radius 3 is 1.23 bits per heavy atom. The van der Waals surface area contributed by atoms with Crippen molar-refractivity contribution < 1.29 is 90.2 Å². The van der Waals surface area contributed by atoms with Gasteiger partial charge in [-0.25, -0.2) is 19.2 Å². The van der Waals surface area contributed by atoms with Crippen LogP contribution in [0.25, 0.3) is 33.4 Å². The Kier molecular flexibility index (Phi) is 22.8. The molecule has 3 unspecified atom stereocenters. The topological polar surface area (TPSA) is 268 Å². The van der Waals surface area contributed by atoms with Crippen LogP contribution in [0.1, 0.15) is 67.8 Å². The Morgan fingerprint density at radius 2 is 0.733 bits per heavy atom. The zero-order chi connectivity index (χ0) is 72.0. The van der Waals surface area contributed by atoms with Gasteiger partial charge in [0.25, 0.3) is 7.37 Å². The lowest BCUT2D eigenvalue weighted by Gasteiger charge is -2.29. The number of aryl methyl sites for hydroxylation is 1. The molecule has 0 aromatic heterocycles. The molecule has 3 aliphatic heterocycles. The molecule has 11 aromatic rings. The SMILES string of the molecule is CC(=O)Oc1ccc(OC(=O)c2ccc(C(=O)Oc3ccc(C)cc3)cc2)cc1.CC(=O)Oc1ccc(OC(C)=O)c(P2(=O)Oc3ccccc3-c3ccccc32)c1.CP1(=O)Oc2ccccc2-c2ccccc21.CP1Oc2ccccc2-c2ccccc21.O=C(O)c1ccc(C(=O)O)cc1. The monoisotopic (exact) mass is 1410 g/mol. The summed E-state index contributed by atoms with van der Waals surface area (Å²) in [6.07, 6.45) is 0. The zero-order valence-electron chi connectivity index (χ0n) is 55.0. The van der Waals surface area contributed by atoms with E-state index in [0.29, 0.717) is 39.6 Å². The molecule has 22 heteroatoms. The second kappa shape index (κ2) is 32.1. The molecule has 14 rings (SSSR count). The molecule has 0 aliphatic carbocycles. The second-order valence-corrected chi connectivity index (χ2v) is 28.7. The molecule has 3 heterocycles. The van der Waals surface area contributed by atoms with Crippen LogP contribution in [-0.4, -0.2) is 65.3 Å². The van der Waals surface area contributed by atoms with Crippen LogP contribution < -0.4 is 58.5 Å². The van der Waals surface area contributed by atoms with E-state index in [1.54, 1.807) is 43.1 Å². The van der Waals surface area contributed by atoms with Gasteiger partial charge in [0.05, 0.1) is 38.2 Å². The number of hydrogen-bond donors (Lipinski definition) is 2. The van der Waals surface area contributed by atoms with Gasteiger partial charge in [0.15, 0.2) is 0 Å². The summed E-state index contributed by atoms with van der Waals surface area (Å²) < 4.78 is 70.2. The molecule has 508 valence electrons. The summed E-state index contributed by atoms with van der Waals surface area (Å²) in [7, 11) is -6.92. The van der Waals surface area contributed by atoms with Gasteiger partial charge >= 0.3 is 49.2 Å². The normalized spacial score (nSPS) is 14.9. The van der Waals surface area contributed by atoms with Crippen molar-refractivity contribution >= 4 is 85.9 Å². The summed E-state index contributed by atoms with van der Waals surface area (Å²) in [4.78, 5) is 79.1.